The maximum absolute atomic E-state index is 12.6. The van der Waals surface area contributed by atoms with Gasteiger partial charge in [0.25, 0.3) is 0 Å². The predicted octanol–water partition coefficient (Wildman–Crippen LogP) is 4.05. The van der Waals surface area contributed by atoms with Crippen LogP contribution in [0.25, 0.3) is 11.0 Å². The third-order valence-corrected chi connectivity index (χ3v) is 4.58. The summed E-state index contributed by atoms with van der Waals surface area (Å²) in [6.07, 6.45) is 0.956. The lowest BCUT2D eigenvalue weighted by atomic mass is 10.0. The van der Waals surface area contributed by atoms with E-state index >= 15 is 0 Å². The Labute approximate surface area is 163 Å². The first-order chi connectivity index (χ1) is 13.5. The number of nitrogens with one attached hydrogen (secondary N) is 1. The van der Waals surface area contributed by atoms with Gasteiger partial charge in [-0.3, -0.25) is 4.79 Å². The molecule has 28 heavy (non-hydrogen) atoms. The van der Waals surface area contributed by atoms with E-state index in [0.717, 1.165) is 16.5 Å². The molecule has 146 valence electrons. The zero-order valence-corrected chi connectivity index (χ0v) is 15.8. The van der Waals surface area contributed by atoms with E-state index in [4.69, 9.17) is 9.52 Å². The molecule has 3 rings (SSSR count). The molecule has 1 atom stereocenters. The molecule has 2 N–H and O–H groups in total. The van der Waals surface area contributed by atoms with Gasteiger partial charge in [-0.2, -0.15) is 0 Å². The molecule has 1 unspecified atom stereocenters. The Bertz CT molecular complexity index is 903. The van der Waals surface area contributed by atoms with Crippen molar-refractivity contribution >= 4 is 23.0 Å². The molecule has 6 heteroatoms. The fourth-order valence-electron chi connectivity index (χ4n) is 3.13. The summed E-state index contributed by atoms with van der Waals surface area (Å²) in [4.78, 5) is 25.1. The van der Waals surface area contributed by atoms with Crippen LogP contribution in [0.1, 0.15) is 24.2 Å². The van der Waals surface area contributed by atoms with Crippen LogP contribution in [0.4, 0.5) is 4.79 Å². The highest BCUT2D eigenvalue weighted by molar-refractivity contribution is 5.78. The molecule has 0 spiro atoms. The summed E-state index contributed by atoms with van der Waals surface area (Å²) in [7, 11) is 1.69. The van der Waals surface area contributed by atoms with Crippen molar-refractivity contribution in [1.29, 1.82) is 0 Å². The van der Waals surface area contributed by atoms with Crippen LogP contribution in [-0.4, -0.2) is 35.1 Å². The molecule has 1 heterocycles. The molecule has 2 aromatic carbocycles. The number of carboxylic acid groups (broad SMARTS) is 1. The molecule has 0 bridgehead atoms. The van der Waals surface area contributed by atoms with Gasteiger partial charge in [-0.25, -0.2) is 4.79 Å². The lowest BCUT2D eigenvalue weighted by Gasteiger charge is -2.23. The van der Waals surface area contributed by atoms with Gasteiger partial charge in [-0.15, -0.1) is 0 Å². The molecule has 0 saturated heterocycles. The van der Waals surface area contributed by atoms with Crippen molar-refractivity contribution in [3.63, 3.8) is 0 Å². The van der Waals surface area contributed by atoms with Crippen LogP contribution in [0.15, 0.2) is 65.1 Å². The third-order valence-electron chi connectivity index (χ3n) is 4.58. The summed E-state index contributed by atoms with van der Waals surface area (Å²) in [5.41, 5.74) is 1.84. The first kappa shape index (κ1) is 19.5. The van der Waals surface area contributed by atoms with Crippen LogP contribution in [0.3, 0.4) is 0 Å². The summed E-state index contributed by atoms with van der Waals surface area (Å²) in [5.74, 6) is -0.174. The topological polar surface area (TPSA) is 82.8 Å². The maximum atomic E-state index is 12.6. The van der Waals surface area contributed by atoms with Gasteiger partial charge >= 0.3 is 12.0 Å². The fraction of sp³-hybridized carbons (Fsp3) is 0.273. The number of urea groups is 1. The Hall–Kier alpha value is -3.28. The number of carboxylic acids is 1. The van der Waals surface area contributed by atoms with Crippen molar-refractivity contribution in [2.45, 2.75) is 31.8 Å². The number of hydrogen-bond acceptors (Lipinski definition) is 3. The van der Waals surface area contributed by atoms with Crippen LogP contribution in [0.2, 0.25) is 0 Å². The van der Waals surface area contributed by atoms with E-state index in [1.54, 1.807) is 7.05 Å². The van der Waals surface area contributed by atoms with E-state index in [-0.39, 0.29) is 18.5 Å². The number of furan rings is 1. The smallest absolute Gasteiger partial charge is 0.317 e. The van der Waals surface area contributed by atoms with E-state index in [0.29, 0.717) is 25.1 Å². The standard InChI is InChI=1S/C22H24N2O4/c1-24(15-19-14-17-9-5-6-10-20(17)28-19)22(27)23-18(11-12-21(25)26)13-16-7-3-2-4-8-16/h2-10,14,18H,11-13,15H2,1H3,(H,23,27)(H,25,26). The van der Waals surface area contributed by atoms with Crippen LogP contribution in [0.5, 0.6) is 0 Å². The van der Waals surface area contributed by atoms with Gasteiger partial charge in [0.2, 0.25) is 0 Å². The molecule has 3 aromatic rings. The Balaban J connectivity index is 1.62. The summed E-state index contributed by atoms with van der Waals surface area (Å²) in [6, 6.07) is 18.8. The van der Waals surface area contributed by atoms with Crippen molar-refractivity contribution in [3.05, 3.63) is 72.0 Å². The first-order valence-corrected chi connectivity index (χ1v) is 9.26. The number of benzene rings is 2. The van der Waals surface area contributed by atoms with Gasteiger partial charge in [0.05, 0.1) is 6.54 Å². The highest BCUT2D eigenvalue weighted by atomic mass is 16.4. The molecule has 6 nitrogen and oxygen atoms in total. The highest BCUT2D eigenvalue weighted by Crippen LogP contribution is 2.19. The van der Waals surface area contributed by atoms with Crippen LogP contribution in [-0.2, 0) is 17.8 Å². The Morgan fingerprint density at radius 3 is 2.54 bits per heavy atom. The van der Waals surface area contributed by atoms with Gasteiger partial charge in [0.1, 0.15) is 11.3 Å². The lowest BCUT2D eigenvalue weighted by molar-refractivity contribution is -0.137. The van der Waals surface area contributed by atoms with E-state index in [1.807, 2.05) is 60.7 Å². The fourth-order valence-corrected chi connectivity index (χ4v) is 3.13. The van der Waals surface area contributed by atoms with E-state index in [1.165, 1.54) is 4.90 Å². The summed E-state index contributed by atoms with van der Waals surface area (Å²) in [5, 5.41) is 13.0. The zero-order chi connectivity index (χ0) is 19.9. The second kappa shape index (κ2) is 9.08. The van der Waals surface area contributed by atoms with Gasteiger partial charge < -0.3 is 19.7 Å². The van der Waals surface area contributed by atoms with Crippen molar-refractivity contribution in [3.8, 4) is 0 Å². The number of rotatable bonds is 8. The average molecular weight is 380 g/mol. The molecule has 0 aliphatic heterocycles. The lowest BCUT2D eigenvalue weighted by Crippen LogP contribution is -2.43. The van der Waals surface area contributed by atoms with Gasteiger partial charge in [-0.05, 0) is 30.5 Å². The molecule has 0 fully saturated rings. The van der Waals surface area contributed by atoms with Crippen molar-refractivity contribution in [1.82, 2.24) is 10.2 Å². The molecule has 0 radical (unpaired) electrons. The number of para-hydroxylation sites is 1. The third kappa shape index (κ3) is 5.36. The monoisotopic (exact) mass is 380 g/mol. The number of carbonyl (C=O) groups is 2. The van der Waals surface area contributed by atoms with E-state index in [2.05, 4.69) is 5.32 Å². The zero-order valence-electron chi connectivity index (χ0n) is 15.8. The quantitative estimate of drug-likeness (QED) is 0.618. The number of carbonyl (C=O) groups excluding carboxylic acids is 1. The number of aliphatic carboxylic acids is 1. The van der Waals surface area contributed by atoms with Gasteiger partial charge in [0.15, 0.2) is 0 Å². The minimum absolute atomic E-state index is 0.00503. The van der Waals surface area contributed by atoms with Gasteiger partial charge in [0, 0.05) is 24.9 Å². The van der Waals surface area contributed by atoms with E-state index < -0.39 is 5.97 Å². The molecule has 1 aromatic heterocycles. The molecular weight excluding hydrogens is 356 g/mol. The number of hydrogen-bond donors (Lipinski definition) is 2. The van der Waals surface area contributed by atoms with Crippen LogP contribution < -0.4 is 5.32 Å². The second-order valence-corrected chi connectivity index (χ2v) is 6.88. The summed E-state index contributed by atoms with van der Waals surface area (Å²) >= 11 is 0. The normalized spacial score (nSPS) is 11.9. The largest absolute Gasteiger partial charge is 0.481 e. The average Bonchev–Trinajstić information content (AvgIpc) is 3.09. The molecule has 0 aliphatic rings. The molecule has 0 saturated carbocycles. The second-order valence-electron chi connectivity index (χ2n) is 6.88. The van der Waals surface area contributed by atoms with E-state index in [9.17, 15) is 9.59 Å². The first-order valence-electron chi connectivity index (χ1n) is 9.26. The highest BCUT2D eigenvalue weighted by Gasteiger charge is 2.18. The van der Waals surface area contributed by atoms with Gasteiger partial charge in [-0.1, -0.05) is 48.5 Å². The number of fused-ring (bicyclic) bond motifs is 1. The molecule has 2 amide bonds. The predicted molar refractivity (Wildman–Crippen MR) is 107 cm³/mol. The summed E-state index contributed by atoms with van der Waals surface area (Å²) < 4.78 is 5.77. The molecular formula is C22H24N2O4. The van der Waals surface area contributed by atoms with Crippen molar-refractivity contribution in [2.75, 3.05) is 7.05 Å². The maximum Gasteiger partial charge on any atom is 0.317 e. The van der Waals surface area contributed by atoms with Crippen LogP contribution >= 0.6 is 0 Å². The SMILES string of the molecule is CN(Cc1cc2ccccc2o1)C(=O)NC(CCC(=O)O)Cc1ccccc1. The Morgan fingerprint density at radius 1 is 1.11 bits per heavy atom. The molecule has 0 aliphatic carbocycles. The van der Waals surface area contributed by atoms with Crippen molar-refractivity contribution in [2.24, 2.45) is 0 Å². The van der Waals surface area contributed by atoms with Crippen molar-refractivity contribution < 1.29 is 19.1 Å². The Kier molecular flexibility index (Phi) is 6.32. The number of nitrogens with zero attached hydrogens (tertiary/aromatic N) is 1. The Morgan fingerprint density at radius 2 is 1.82 bits per heavy atom. The number of amides is 2. The minimum Gasteiger partial charge on any atom is -0.481 e. The minimum atomic E-state index is -0.872. The summed E-state index contributed by atoms with van der Waals surface area (Å²) in [6.45, 7) is 0.331. The van der Waals surface area contributed by atoms with Crippen LogP contribution in [0, 0.1) is 0 Å².